The highest BCUT2D eigenvalue weighted by Crippen LogP contribution is 2.10. The Morgan fingerprint density at radius 1 is 1.21 bits per heavy atom. The van der Waals surface area contributed by atoms with E-state index in [9.17, 15) is 0 Å². The quantitative estimate of drug-likeness (QED) is 0.253. The number of guanidine groups is 1. The van der Waals surface area contributed by atoms with E-state index in [1.54, 1.807) is 6.20 Å². The first-order valence-electron chi connectivity index (χ1n) is 9.76. The molecule has 1 aromatic carbocycles. The van der Waals surface area contributed by atoms with Crippen LogP contribution in [0.1, 0.15) is 18.9 Å². The molecule has 28 heavy (non-hydrogen) atoms. The number of halogens is 1. The van der Waals surface area contributed by atoms with E-state index in [1.165, 1.54) is 0 Å². The van der Waals surface area contributed by atoms with Crippen LogP contribution >= 0.6 is 24.0 Å². The molecular weight excluding hydrogens is 467 g/mol. The van der Waals surface area contributed by atoms with Crippen LogP contribution in [-0.4, -0.2) is 66.6 Å². The summed E-state index contributed by atoms with van der Waals surface area (Å²) in [4.78, 5) is 7.18. The van der Waals surface area contributed by atoms with Gasteiger partial charge in [0.25, 0.3) is 0 Å². The molecule has 0 atom stereocenters. The van der Waals surface area contributed by atoms with Gasteiger partial charge in [-0.25, -0.2) is 9.67 Å². The molecule has 7 nitrogen and oxygen atoms in total. The number of aromatic nitrogens is 2. The van der Waals surface area contributed by atoms with Crippen molar-refractivity contribution < 1.29 is 4.74 Å². The molecule has 1 saturated heterocycles. The van der Waals surface area contributed by atoms with Crippen molar-refractivity contribution in [2.24, 2.45) is 4.99 Å². The molecule has 0 unspecified atom stereocenters. The highest BCUT2D eigenvalue weighted by molar-refractivity contribution is 14.0. The molecule has 1 aromatic heterocycles. The largest absolute Gasteiger partial charge is 0.379 e. The number of rotatable bonds is 8. The van der Waals surface area contributed by atoms with Gasteiger partial charge < -0.3 is 15.4 Å². The molecule has 1 aliphatic rings. The zero-order valence-electron chi connectivity index (χ0n) is 16.5. The van der Waals surface area contributed by atoms with E-state index >= 15 is 0 Å². The first kappa shape index (κ1) is 22.6. The van der Waals surface area contributed by atoms with Gasteiger partial charge in [0.15, 0.2) is 5.96 Å². The van der Waals surface area contributed by atoms with Crippen LogP contribution in [0.4, 0.5) is 0 Å². The van der Waals surface area contributed by atoms with Crippen molar-refractivity contribution in [1.29, 1.82) is 0 Å². The number of nitrogens with zero attached hydrogens (tertiary/aromatic N) is 4. The first-order valence-corrected chi connectivity index (χ1v) is 9.76. The predicted octanol–water partition coefficient (Wildman–Crippen LogP) is 2.27. The van der Waals surface area contributed by atoms with Crippen LogP contribution in [0.2, 0.25) is 0 Å². The highest BCUT2D eigenvalue weighted by atomic mass is 127. The summed E-state index contributed by atoms with van der Waals surface area (Å²) in [6.07, 6.45) is 4.83. The van der Waals surface area contributed by atoms with E-state index in [0.29, 0.717) is 6.54 Å². The van der Waals surface area contributed by atoms with E-state index < -0.39 is 0 Å². The summed E-state index contributed by atoms with van der Waals surface area (Å²) in [6, 6.07) is 10.2. The van der Waals surface area contributed by atoms with E-state index in [0.717, 1.165) is 69.6 Å². The highest BCUT2D eigenvalue weighted by Gasteiger charge is 2.09. The van der Waals surface area contributed by atoms with Crippen LogP contribution in [-0.2, 0) is 11.3 Å². The van der Waals surface area contributed by atoms with Crippen LogP contribution < -0.4 is 10.6 Å². The molecule has 0 spiro atoms. The maximum atomic E-state index is 5.39. The van der Waals surface area contributed by atoms with Crippen LogP contribution in [0.15, 0.2) is 47.7 Å². The van der Waals surface area contributed by atoms with E-state index in [1.807, 2.05) is 23.0 Å². The van der Waals surface area contributed by atoms with Gasteiger partial charge in [0, 0.05) is 38.6 Å². The number of ether oxygens (including phenoxy) is 1. The minimum Gasteiger partial charge on any atom is -0.379 e. The molecule has 0 bridgehead atoms. The van der Waals surface area contributed by atoms with E-state index in [2.05, 4.69) is 45.8 Å². The lowest BCUT2D eigenvalue weighted by molar-refractivity contribution is 0.0376. The minimum atomic E-state index is 0. The number of hydrogen-bond acceptors (Lipinski definition) is 4. The van der Waals surface area contributed by atoms with Crippen molar-refractivity contribution in [1.82, 2.24) is 25.3 Å². The third-order valence-electron chi connectivity index (χ3n) is 4.49. The van der Waals surface area contributed by atoms with Gasteiger partial charge in [0.1, 0.15) is 0 Å². The Bertz CT molecular complexity index is 700. The van der Waals surface area contributed by atoms with Crippen molar-refractivity contribution in [3.05, 3.63) is 48.3 Å². The first-order chi connectivity index (χ1) is 13.3. The van der Waals surface area contributed by atoms with Gasteiger partial charge in [-0.3, -0.25) is 4.90 Å². The van der Waals surface area contributed by atoms with Gasteiger partial charge in [-0.05, 0) is 43.7 Å². The van der Waals surface area contributed by atoms with Crippen LogP contribution in [0, 0.1) is 0 Å². The summed E-state index contributed by atoms with van der Waals surface area (Å²) in [5, 5.41) is 11.0. The summed E-state index contributed by atoms with van der Waals surface area (Å²) >= 11 is 0. The minimum absolute atomic E-state index is 0. The van der Waals surface area contributed by atoms with Gasteiger partial charge in [0.2, 0.25) is 0 Å². The summed E-state index contributed by atoms with van der Waals surface area (Å²) < 4.78 is 7.25. The molecule has 1 aliphatic heterocycles. The van der Waals surface area contributed by atoms with Gasteiger partial charge in [-0.1, -0.05) is 12.1 Å². The Morgan fingerprint density at radius 3 is 2.82 bits per heavy atom. The fraction of sp³-hybridized carbons (Fsp3) is 0.500. The zero-order chi connectivity index (χ0) is 18.7. The molecule has 0 aliphatic carbocycles. The van der Waals surface area contributed by atoms with Gasteiger partial charge >= 0.3 is 0 Å². The molecule has 0 amide bonds. The van der Waals surface area contributed by atoms with Crippen molar-refractivity contribution in [3.63, 3.8) is 0 Å². The summed E-state index contributed by atoms with van der Waals surface area (Å²) in [7, 11) is 0. The molecule has 1 fully saturated rings. The van der Waals surface area contributed by atoms with Crippen molar-refractivity contribution in [2.75, 3.05) is 45.9 Å². The molecule has 8 heteroatoms. The summed E-state index contributed by atoms with van der Waals surface area (Å²) in [5.74, 6) is 0.865. The lowest BCUT2D eigenvalue weighted by atomic mass is 10.2. The Labute approximate surface area is 184 Å². The monoisotopic (exact) mass is 498 g/mol. The van der Waals surface area contributed by atoms with Crippen molar-refractivity contribution >= 4 is 29.9 Å². The van der Waals surface area contributed by atoms with Crippen LogP contribution in [0.5, 0.6) is 0 Å². The second-order valence-electron chi connectivity index (χ2n) is 6.55. The second kappa shape index (κ2) is 12.7. The predicted molar refractivity (Wildman–Crippen MR) is 124 cm³/mol. The van der Waals surface area contributed by atoms with Crippen molar-refractivity contribution in [2.45, 2.75) is 19.9 Å². The standard InChI is InChI=1S/C20H30N6O.HI/c1-2-21-20(22-8-4-10-25-12-14-27-15-13-25)23-17-18-6-3-7-19(16-18)26-11-5-9-24-26;/h3,5-7,9,11,16H,2,4,8,10,12-15,17H2,1H3,(H2,21,22,23);1H. The third kappa shape index (κ3) is 7.40. The Kier molecular flexibility index (Phi) is 10.3. The Morgan fingerprint density at radius 2 is 2.07 bits per heavy atom. The van der Waals surface area contributed by atoms with Gasteiger partial charge in [0.05, 0.1) is 25.4 Å². The molecule has 2 N–H and O–H groups in total. The fourth-order valence-corrected chi connectivity index (χ4v) is 3.07. The number of hydrogen-bond donors (Lipinski definition) is 2. The summed E-state index contributed by atoms with van der Waals surface area (Å²) in [6.45, 7) is 9.38. The lowest BCUT2D eigenvalue weighted by Crippen LogP contribution is -2.40. The van der Waals surface area contributed by atoms with Gasteiger partial charge in [-0.15, -0.1) is 24.0 Å². The number of morpholine rings is 1. The lowest BCUT2D eigenvalue weighted by Gasteiger charge is -2.26. The molecule has 0 saturated carbocycles. The fourth-order valence-electron chi connectivity index (χ4n) is 3.07. The molecule has 2 aromatic rings. The second-order valence-corrected chi connectivity index (χ2v) is 6.55. The van der Waals surface area contributed by atoms with Crippen molar-refractivity contribution in [3.8, 4) is 5.69 Å². The average Bonchev–Trinajstić information content (AvgIpc) is 3.25. The normalized spacial score (nSPS) is 15.1. The smallest absolute Gasteiger partial charge is 0.191 e. The number of nitrogens with one attached hydrogen (secondary N) is 2. The molecule has 2 heterocycles. The maximum Gasteiger partial charge on any atom is 0.191 e. The molecule has 154 valence electrons. The Hall–Kier alpha value is -1.65. The molecule has 3 rings (SSSR count). The van der Waals surface area contributed by atoms with E-state index in [4.69, 9.17) is 9.73 Å². The Balaban J connectivity index is 0.00000280. The topological polar surface area (TPSA) is 66.7 Å². The van der Waals surface area contributed by atoms with Gasteiger partial charge in [-0.2, -0.15) is 5.10 Å². The number of benzene rings is 1. The van der Waals surface area contributed by atoms with Crippen LogP contribution in [0.25, 0.3) is 5.69 Å². The third-order valence-corrected chi connectivity index (χ3v) is 4.49. The number of aliphatic imine (C=N–C) groups is 1. The SMILES string of the molecule is CCNC(=NCc1cccc(-n2cccn2)c1)NCCCN1CCOCC1.I. The molecule has 0 radical (unpaired) electrons. The zero-order valence-corrected chi connectivity index (χ0v) is 18.8. The average molecular weight is 498 g/mol. The van der Waals surface area contributed by atoms with Crippen LogP contribution in [0.3, 0.4) is 0 Å². The molecular formula is C20H31IN6O. The van der Waals surface area contributed by atoms with E-state index in [-0.39, 0.29) is 24.0 Å². The maximum absolute atomic E-state index is 5.39. The summed E-state index contributed by atoms with van der Waals surface area (Å²) in [5.41, 5.74) is 2.21.